The lowest BCUT2D eigenvalue weighted by atomic mass is 9.95. The van der Waals surface area contributed by atoms with Gasteiger partial charge in [0.05, 0.1) is 50.6 Å². The third-order valence-electron chi connectivity index (χ3n) is 5.31. The van der Waals surface area contributed by atoms with E-state index in [0.29, 0.717) is 17.1 Å². The Labute approximate surface area is 194 Å². The van der Waals surface area contributed by atoms with Crippen LogP contribution in [0.15, 0.2) is 48.0 Å². The van der Waals surface area contributed by atoms with Crippen molar-refractivity contribution in [3.05, 3.63) is 69.3 Å². The molecule has 2 aromatic carbocycles. The minimum atomic E-state index is -1.02. The first-order valence-electron chi connectivity index (χ1n) is 10.3. The zero-order chi connectivity index (χ0) is 24.8. The van der Waals surface area contributed by atoms with Gasteiger partial charge in [-0.25, -0.2) is 0 Å². The number of rotatable bonds is 10. The Hall–Kier alpha value is -3.96. The summed E-state index contributed by atoms with van der Waals surface area (Å²) in [7, 11) is 2.90. The molecule has 1 amide bonds. The number of aliphatic hydroxyl groups is 2. The number of amides is 1. The molecule has 180 valence electrons. The van der Waals surface area contributed by atoms with Crippen molar-refractivity contribution in [1.82, 2.24) is 4.90 Å². The second kappa shape index (κ2) is 10.8. The monoisotopic (exact) mass is 472 g/mol. The second-order valence-electron chi connectivity index (χ2n) is 7.25. The van der Waals surface area contributed by atoms with E-state index in [0.717, 1.165) is 6.07 Å². The number of likely N-dealkylation sites (tertiary alicyclic amines) is 1. The van der Waals surface area contributed by atoms with Gasteiger partial charge in [-0.15, -0.1) is 0 Å². The minimum Gasteiger partial charge on any atom is -0.507 e. The maximum atomic E-state index is 13.0. The number of Topliss-reactive ketones (excluding diaryl/α,β-unsaturated/α-hetero) is 1. The molecule has 0 aliphatic carbocycles. The highest BCUT2D eigenvalue weighted by Crippen LogP contribution is 2.42. The molecule has 0 spiro atoms. The second-order valence-corrected chi connectivity index (χ2v) is 7.25. The lowest BCUT2D eigenvalue weighted by Crippen LogP contribution is -2.33. The first kappa shape index (κ1) is 24.7. The van der Waals surface area contributed by atoms with Crippen LogP contribution in [0.2, 0.25) is 0 Å². The van der Waals surface area contributed by atoms with Crippen molar-refractivity contribution in [2.75, 3.05) is 40.6 Å². The lowest BCUT2D eigenvalue weighted by molar-refractivity contribution is -0.384. The Morgan fingerprint density at radius 2 is 1.82 bits per heavy atom. The number of ketones is 1. The van der Waals surface area contributed by atoms with Crippen LogP contribution in [0.1, 0.15) is 17.2 Å². The summed E-state index contributed by atoms with van der Waals surface area (Å²) in [6.07, 6.45) is 0. The molecular weight excluding hydrogens is 448 g/mol. The van der Waals surface area contributed by atoms with E-state index < -0.39 is 28.4 Å². The molecule has 2 aromatic rings. The summed E-state index contributed by atoms with van der Waals surface area (Å²) in [5, 5.41) is 31.1. The number of carbonyl (C=O) groups is 2. The molecule has 0 saturated carbocycles. The summed E-state index contributed by atoms with van der Waals surface area (Å²) in [5.41, 5.74) is -0.0292. The number of nitro benzene ring substituents is 1. The zero-order valence-electron chi connectivity index (χ0n) is 18.6. The highest BCUT2D eigenvalue weighted by atomic mass is 16.6. The summed E-state index contributed by atoms with van der Waals surface area (Å²) in [5.74, 6) is -1.57. The molecule has 0 radical (unpaired) electrons. The van der Waals surface area contributed by atoms with Crippen LogP contribution in [0, 0.1) is 10.1 Å². The van der Waals surface area contributed by atoms with E-state index in [1.807, 2.05) is 0 Å². The van der Waals surface area contributed by atoms with Gasteiger partial charge in [-0.2, -0.15) is 0 Å². The Morgan fingerprint density at radius 3 is 2.47 bits per heavy atom. The molecule has 0 aromatic heterocycles. The molecule has 11 nitrogen and oxygen atoms in total. The van der Waals surface area contributed by atoms with Gasteiger partial charge in [0.15, 0.2) is 11.5 Å². The highest BCUT2D eigenvalue weighted by molar-refractivity contribution is 6.46. The molecule has 1 aliphatic rings. The number of non-ortho nitro benzene ring substituents is 1. The Morgan fingerprint density at radius 1 is 1.09 bits per heavy atom. The van der Waals surface area contributed by atoms with Gasteiger partial charge in [0.1, 0.15) is 5.76 Å². The predicted octanol–water partition coefficient (Wildman–Crippen LogP) is 2.04. The highest BCUT2D eigenvalue weighted by Gasteiger charge is 2.46. The Kier molecular flexibility index (Phi) is 7.82. The molecule has 1 saturated heterocycles. The van der Waals surface area contributed by atoms with E-state index >= 15 is 0 Å². The first-order chi connectivity index (χ1) is 16.3. The lowest BCUT2D eigenvalue weighted by Gasteiger charge is -2.26. The molecule has 2 N–H and O–H groups in total. The third-order valence-corrected chi connectivity index (χ3v) is 5.31. The van der Waals surface area contributed by atoms with Gasteiger partial charge in [0, 0.05) is 24.2 Å². The fourth-order valence-electron chi connectivity index (χ4n) is 3.73. The van der Waals surface area contributed by atoms with E-state index in [9.17, 15) is 24.8 Å². The fourth-order valence-corrected chi connectivity index (χ4v) is 3.73. The quantitative estimate of drug-likeness (QED) is 0.132. The van der Waals surface area contributed by atoms with Crippen LogP contribution in [-0.2, 0) is 14.3 Å². The molecule has 1 heterocycles. The predicted molar refractivity (Wildman–Crippen MR) is 120 cm³/mol. The van der Waals surface area contributed by atoms with Crippen LogP contribution >= 0.6 is 0 Å². The van der Waals surface area contributed by atoms with Gasteiger partial charge in [0.25, 0.3) is 17.4 Å². The van der Waals surface area contributed by atoms with Crippen LogP contribution in [0.5, 0.6) is 11.5 Å². The van der Waals surface area contributed by atoms with Gasteiger partial charge < -0.3 is 29.3 Å². The van der Waals surface area contributed by atoms with Crippen molar-refractivity contribution < 1.29 is 38.9 Å². The number of hydrogen-bond donors (Lipinski definition) is 2. The smallest absolute Gasteiger partial charge is 0.295 e. The van der Waals surface area contributed by atoms with E-state index in [4.69, 9.17) is 19.3 Å². The number of hydrogen-bond acceptors (Lipinski definition) is 9. The van der Waals surface area contributed by atoms with E-state index in [1.54, 1.807) is 18.2 Å². The number of nitro groups is 1. The number of benzene rings is 2. The largest absolute Gasteiger partial charge is 0.507 e. The van der Waals surface area contributed by atoms with Gasteiger partial charge >= 0.3 is 0 Å². The molecule has 1 aliphatic heterocycles. The van der Waals surface area contributed by atoms with E-state index in [-0.39, 0.29) is 43.2 Å². The van der Waals surface area contributed by atoms with E-state index in [1.165, 1.54) is 37.3 Å². The Bertz CT molecular complexity index is 1130. The SMILES string of the molecule is COc1ccc([C@H]2C(=C(O)c3cccc([N+](=O)[O-])c3)C(=O)C(=O)N2CCOCCO)cc1OC. The van der Waals surface area contributed by atoms with E-state index in [2.05, 4.69) is 0 Å². The third kappa shape index (κ3) is 4.85. The van der Waals surface area contributed by atoms with Crippen LogP contribution < -0.4 is 9.47 Å². The summed E-state index contributed by atoms with van der Waals surface area (Å²) in [4.78, 5) is 37.7. The first-order valence-corrected chi connectivity index (χ1v) is 10.3. The molecule has 3 rings (SSSR count). The summed E-state index contributed by atoms with van der Waals surface area (Å²) < 4.78 is 15.9. The fraction of sp³-hybridized carbons (Fsp3) is 0.304. The van der Waals surface area contributed by atoms with Gasteiger partial charge in [-0.05, 0) is 17.7 Å². The van der Waals surface area contributed by atoms with Crippen LogP contribution in [0.4, 0.5) is 5.69 Å². The average Bonchev–Trinajstić information content (AvgIpc) is 3.10. The summed E-state index contributed by atoms with van der Waals surface area (Å²) in [6, 6.07) is 8.94. The normalized spacial score (nSPS) is 17.1. The molecule has 1 fully saturated rings. The average molecular weight is 472 g/mol. The molecule has 11 heteroatoms. The zero-order valence-corrected chi connectivity index (χ0v) is 18.6. The van der Waals surface area contributed by atoms with Gasteiger partial charge in [0.2, 0.25) is 0 Å². The Balaban J connectivity index is 2.15. The maximum absolute atomic E-state index is 13.0. The van der Waals surface area contributed by atoms with Crippen molar-refractivity contribution in [3.63, 3.8) is 0 Å². The molecule has 0 unspecified atom stereocenters. The van der Waals surface area contributed by atoms with Crippen molar-refractivity contribution in [2.24, 2.45) is 0 Å². The number of nitrogens with zero attached hydrogens (tertiary/aromatic N) is 2. The number of carbonyl (C=O) groups excluding carboxylic acids is 2. The van der Waals surface area contributed by atoms with Crippen LogP contribution in [0.25, 0.3) is 5.76 Å². The number of methoxy groups -OCH3 is 2. The molecular formula is C23H24N2O9. The maximum Gasteiger partial charge on any atom is 0.295 e. The standard InChI is InChI=1S/C23H24N2O9/c1-32-17-7-6-14(13-18(17)33-2)20-19(21(27)15-4-3-5-16(12-15)25(30)31)22(28)23(29)24(20)8-10-34-11-9-26/h3-7,12-13,20,26-27H,8-11H2,1-2H3/t20-/m0/s1. The summed E-state index contributed by atoms with van der Waals surface area (Å²) >= 11 is 0. The van der Waals surface area contributed by atoms with Gasteiger partial charge in [-0.1, -0.05) is 18.2 Å². The number of aliphatic hydroxyl groups excluding tert-OH is 2. The van der Waals surface area contributed by atoms with Gasteiger partial charge in [-0.3, -0.25) is 19.7 Å². The number of ether oxygens (including phenoxy) is 3. The molecule has 34 heavy (non-hydrogen) atoms. The topological polar surface area (TPSA) is 149 Å². The molecule has 0 bridgehead atoms. The van der Waals surface area contributed by atoms with Crippen molar-refractivity contribution in [3.8, 4) is 11.5 Å². The van der Waals surface area contributed by atoms with Crippen molar-refractivity contribution >= 4 is 23.1 Å². The van der Waals surface area contributed by atoms with Crippen LogP contribution in [0.3, 0.4) is 0 Å². The van der Waals surface area contributed by atoms with Crippen molar-refractivity contribution in [1.29, 1.82) is 0 Å². The molecule has 1 atom stereocenters. The minimum absolute atomic E-state index is 0.00466. The van der Waals surface area contributed by atoms with Crippen molar-refractivity contribution in [2.45, 2.75) is 6.04 Å². The summed E-state index contributed by atoms with van der Waals surface area (Å²) in [6.45, 7) is -0.118. The van der Waals surface area contributed by atoms with Crippen LogP contribution in [-0.4, -0.2) is 72.3 Å².